The van der Waals surface area contributed by atoms with Crippen molar-refractivity contribution in [1.29, 1.82) is 0 Å². The van der Waals surface area contributed by atoms with E-state index in [2.05, 4.69) is 0 Å². The number of alkyl halides is 1. The van der Waals surface area contributed by atoms with Gasteiger partial charge < -0.3 is 20.1 Å². The van der Waals surface area contributed by atoms with Crippen molar-refractivity contribution < 1.29 is 29.6 Å². The molecule has 2 rings (SSSR count). The third kappa shape index (κ3) is 3.73. The molecule has 0 radical (unpaired) electrons. The number of aliphatic hydroxyl groups is 1. The summed E-state index contributed by atoms with van der Waals surface area (Å²) in [4.78, 5) is 23.7. The van der Waals surface area contributed by atoms with Crippen LogP contribution in [0.1, 0.15) is 66.7 Å². The van der Waals surface area contributed by atoms with Gasteiger partial charge in [0, 0.05) is 0 Å². The number of carboxylic acids is 2. The zero-order valence-electron chi connectivity index (χ0n) is 16.9. The van der Waals surface area contributed by atoms with Crippen LogP contribution < -0.4 is 0 Å². The summed E-state index contributed by atoms with van der Waals surface area (Å²) in [5.41, 5.74) is -3.18. The van der Waals surface area contributed by atoms with E-state index in [1.54, 1.807) is 13.8 Å². The summed E-state index contributed by atoms with van der Waals surface area (Å²) in [6, 6.07) is 0. The zero-order valence-corrected chi connectivity index (χ0v) is 17.7. The molecule has 2 aliphatic rings. The average Bonchev–Trinajstić information content (AvgIpc) is 2.51. The van der Waals surface area contributed by atoms with Gasteiger partial charge in [-0.15, -0.1) is 11.6 Å². The van der Waals surface area contributed by atoms with E-state index in [-0.39, 0.29) is 24.1 Å². The van der Waals surface area contributed by atoms with Crippen molar-refractivity contribution >= 4 is 23.5 Å². The van der Waals surface area contributed by atoms with Crippen LogP contribution in [0.3, 0.4) is 0 Å². The Morgan fingerprint density at radius 3 is 2.26 bits per heavy atom. The summed E-state index contributed by atoms with van der Waals surface area (Å²) in [6.07, 6.45) is 1.48. The Hall–Kier alpha value is -0.850. The number of ether oxygens (including phenoxy) is 1. The highest BCUT2D eigenvalue weighted by Gasteiger charge is 2.63. The van der Waals surface area contributed by atoms with Crippen LogP contribution in [0.4, 0.5) is 0 Å². The summed E-state index contributed by atoms with van der Waals surface area (Å²) >= 11 is 5.87. The SMILES string of the molecule is CC(C)(C(=O)O)[C@H]1CC[C@]2(C)O[C@@](C)([C@H](O)CCl)CC[C@H]2[C@]1(C)CC(=O)O. The van der Waals surface area contributed by atoms with Crippen molar-refractivity contribution in [2.24, 2.45) is 22.7 Å². The molecular weight excluding hydrogens is 372 g/mol. The quantitative estimate of drug-likeness (QED) is 0.585. The van der Waals surface area contributed by atoms with E-state index in [4.69, 9.17) is 16.3 Å². The van der Waals surface area contributed by atoms with Crippen LogP contribution in [0.5, 0.6) is 0 Å². The molecular formula is C20H33ClO6. The van der Waals surface area contributed by atoms with E-state index >= 15 is 0 Å². The van der Waals surface area contributed by atoms with E-state index < -0.39 is 40.1 Å². The number of carboxylic acid groups (broad SMARTS) is 2. The van der Waals surface area contributed by atoms with E-state index in [1.165, 1.54) is 0 Å². The molecule has 2 fully saturated rings. The van der Waals surface area contributed by atoms with Crippen molar-refractivity contribution in [2.75, 3.05) is 5.88 Å². The lowest BCUT2D eigenvalue weighted by molar-refractivity contribution is -0.278. The first-order valence-electron chi connectivity index (χ1n) is 9.62. The van der Waals surface area contributed by atoms with Gasteiger partial charge in [0.25, 0.3) is 0 Å². The highest BCUT2D eigenvalue weighted by atomic mass is 35.5. The lowest BCUT2D eigenvalue weighted by Gasteiger charge is -2.63. The highest BCUT2D eigenvalue weighted by molar-refractivity contribution is 6.18. The molecule has 1 aliphatic heterocycles. The number of hydrogen-bond acceptors (Lipinski definition) is 4. The number of hydrogen-bond donors (Lipinski definition) is 3. The molecule has 1 saturated carbocycles. The maximum atomic E-state index is 11.9. The van der Waals surface area contributed by atoms with E-state index in [9.17, 15) is 24.9 Å². The number of halogens is 1. The van der Waals surface area contributed by atoms with Crippen LogP contribution in [-0.4, -0.2) is 50.4 Å². The third-order valence-corrected chi connectivity index (χ3v) is 7.75. The van der Waals surface area contributed by atoms with Crippen molar-refractivity contribution in [3.05, 3.63) is 0 Å². The molecule has 1 aliphatic carbocycles. The van der Waals surface area contributed by atoms with Crippen molar-refractivity contribution in [3.8, 4) is 0 Å². The predicted octanol–water partition coefficient (Wildman–Crippen LogP) is 3.53. The van der Waals surface area contributed by atoms with E-state index in [0.717, 1.165) is 0 Å². The minimum atomic E-state index is -1.04. The van der Waals surface area contributed by atoms with Crippen LogP contribution in [0.15, 0.2) is 0 Å². The standard InChI is InChI=1S/C20H33ClO6/c1-17(2,16(25)26)12-6-8-19(4)13(18(12,3)10-15(23)24)7-9-20(5,27-19)14(22)11-21/h12-14,22H,6-11H2,1-5H3,(H,23,24)(H,25,26)/t12-,13+,14-,18-,19+,20-/m1/s1. The Morgan fingerprint density at radius 1 is 1.19 bits per heavy atom. The molecule has 0 amide bonds. The first-order chi connectivity index (χ1) is 12.2. The maximum Gasteiger partial charge on any atom is 0.309 e. The second kappa shape index (κ2) is 7.20. The Morgan fingerprint density at radius 2 is 1.78 bits per heavy atom. The van der Waals surface area contributed by atoms with E-state index in [0.29, 0.717) is 25.7 Å². The Balaban J connectivity index is 2.47. The number of carbonyl (C=O) groups is 2. The summed E-state index contributed by atoms with van der Waals surface area (Å²) in [7, 11) is 0. The van der Waals surface area contributed by atoms with Crippen LogP contribution in [0.2, 0.25) is 0 Å². The van der Waals surface area contributed by atoms with Gasteiger partial charge in [-0.05, 0) is 70.6 Å². The molecule has 27 heavy (non-hydrogen) atoms. The topological polar surface area (TPSA) is 104 Å². The van der Waals surface area contributed by atoms with Crippen LogP contribution in [-0.2, 0) is 14.3 Å². The molecule has 6 nitrogen and oxygen atoms in total. The molecule has 0 bridgehead atoms. The molecule has 156 valence electrons. The predicted molar refractivity (Wildman–Crippen MR) is 102 cm³/mol. The largest absolute Gasteiger partial charge is 0.481 e. The normalized spacial score (nSPS) is 40.9. The van der Waals surface area contributed by atoms with Gasteiger partial charge in [0.15, 0.2) is 0 Å². The molecule has 0 aromatic heterocycles. The van der Waals surface area contributed by atoms with Crippen LogP contribution in [0.25, 0.3) is 0 Å². The van der Waals surface area contributed by atoms with Gasteiger partial charge in [-0.25, -0.2) is 0 Å². The van der Waals surface area contributed by atoms with Gasteiger partial charge in [-0.2, -0.15) is 0 Å². The Kier molecular flexibility index (Phi) is 5.98. The molecule has 1 saturated heterocycles. The van der Waals surface area contributed by atoms with Crippen molar-refractivity contribution in [1.82, 2.24) is 0 Å². The fraction of sp³-hybridized carbons (Fsp3) is 0.900. The van der Waals surface area contributed by atoms with Crippen LogP contribution in [0, 0.1) is 22.7 Å². The van der Waals surface area contributed by atoms with Gasteiger partial charge in [0.05, 0.1) is 35.0 Å². The van der Waals surface area contributed by atoms with Crippen molar-refractivity contribution in [2.45, 2.75) is 84.0 Å². The minimum Gasteiger partial charge on any atom is -0.481 e. The van der Waals surface area contributed by atoms with Crippen molar-refractivity contribution in [3.63, 3.8) is 0 Å². The smallest absolute Gasteiger partial charge is 0.309 e. The minimum absolute atomic E-state index is 0.0678. The first-order valence-corrected chi connectivity index (χ1v) is 10.2. The number of fused-ring (bicyclic) bond motifs is 1. The third-order valence-electron chi connectivity index (χ3n) is 7.46. The van der Waals surface area contributed by atoms with Gasteiger partial charge in [0.2, 0.25) is 0 Å². The zero-order chi connectivity index (χ0) is 20.8. The number of aliphatic carboxylic acids is 2. The van der Waals surface area contributed by atoms with Crippen LogP contribution >= 0.6 is 11.6 Å². The Bertz CT molecular complexity index is 607. The molecule has 3 N–H and O–H groups in total. The molecule has 0 spiro atoms. The lowest BCUT2D eigenvalue weighted by atomic mass is 9.47. The number of aliphatic hydroxyl groups excluding tert-OH is 1. The second-order valence-corrected chi connectivity index (χ2v) is 9.99. The van der Waals surface area contributed by atoms with E-state index in [1.807, 2.05) is 20.8 Å². The fourth-order valence-electron chi connectivity index (χ4n) is 5.95. The summed E-state index contributed by atoms with van der Waals surface area (Å²) < 4.78 is 6.44. The maximum absolute atomic E-state index is 11.9. The first kappa shape index (κ1) is 22.4. The van der Waals surface area contributed by atoms with Gasteiger partial charge >= 0.3 is 11.9 Å². The highest BCUT2D eigenvalue weighted by Crippen LogP contribution is 2.62. The molecule has 7 heteroatoms. The average molecular weight is 405 g/mol. The van der Waals surface area contributed by atoms with Gasteiger partial charge in [-0.3, -0.25) is 9.59 Å². The molecule has 0 unspecified atom stereocenters. The molecule has 1 heterocycles. The lowest BCUT2D eigenvalue weighted by Crippen LogP contribution is -2.64. The molecule has 0 aromatic rings. The monoisotopic (exact) mass is 404 g/mol. The fourth-order valence-corrected chi connectivity index (χ4v) is 6.28. The summed E-state index contributed by atoms with van der Waals surface area (Å²) in [5.74, 6) is -2.18. The summed E-state index contributed by atoms with van der Waals surface area (Å²) in [6.45, 7) is 9.10. The number of rotatable bonds is 6. The van der Waals surface area contributed by atoms with Gasteiger partial charge in [0.1, 0.15) is 0 Å². The van der Waals surface area contributed by atoms with Gasteiger partial charge in [-0.1, -0.05) is 6.92 Å². The Labute approximate surface area is 166 Å². The second-order valence-electron chi connectivity index (χ2n) is 9.68. The summed E-state index contributed by atoms with van der Waals surface area (Å²) in [5, 5.41) is 29.7. The molecule has 0 aromatic carbocycles. The molecule has 6 atom stereocenters.